The summed E-state index contributed by atoms with van der Waals surface area (Å²) in [5, 5.41) is 2.87. The van der Waals surface area contributed by atoms with Gasteiger partial charge in [0.25, 0.3) is 0 Å². The molecule has 0 unspecified atom stereocenters. The quantitative estimate of drug-likeness (QED) is 0.829. The van der Waals surface area contributed by atoms with Crippen LogP contribution in [0.25, 0.3) is 0 Å². The number of ether oxygens (including phenoxy) is 1. The van der Waals surface area contributed by atoms with Crippen molar-refractivity contribution >= 4 is 17.3 Å². The molecule has 2 rings (SSSR count). The topological polar surface area (TPSA) is 64.3 Å². The van der Waals surface area contributed by atoms with Gasteiger partial charge >= 0.3 is 0 Å². The smallest absolute Gasteiger partial charge is 0.227 e. The molecule has 0 radical (unpaired) electrons. The van der Waals surface area contributed by atoms with Crippen LogP contribution in [-0.4, -0.2) is 12.5 Å². The first kappa shape index (κ1) is 15.9. The number of aryl methyl sites for hydroxylation is 3. The third-order valence-corrected chi connectivity index (χ3v) is 3.60. The fraction of sp³-hybridized carbons (Fsp3) is 0.278. The standard InChI is InChI=1S/C18H22N2O2/c1-12-4-6-16(11-13(12)2)22-9-8-18(21)20-17-7-5-15(19)10-14(17)3/h4-7,10-11H,8-9,19H2,1-3H3,(H,20,21). The van der Waals surface area contributed by atoms with Gasteiger partial charge in [-0.15, -0.1) is 0 Å². The van der Waals surface area contributed by atoms with Crippen molar-refractivity contribution in [3.63, 3.8) is 0 Å². The Hall–Kier alpha value is -2.49. The van der Waals surface area contributed by atoms with Crippen LogP contribution in [0.4, 0.5) is 11.4 Å². The minimum atomic E-state index is -0.0725. The molecule has 4 heteroatoms. The Kier molecular flexibility index (Phi) is 5.04. The van der Waals surface area contributed by atoms with Crippen molar-refractivity contribution in [1.29, 1.82) is 0 Å². The molecule has 0 saturated heterocycles. The van der Waals surface area contributed by atoms with Crippen LogP contribution in [0.15, 0.2) is 36.4 Å². The van der Waals surface area contributed by atoms with Gasteiger partial charge in [0.15, 0.2) is 0 Å². The Labute approximate surface area is 131 Å². The Morgan fingerprint density at radius 2 is 1.82 bits per heavy atom. The van der Waals surface area contributed by atoms with Crippen LogP contribution in [0.1, 0.15) is 23.1 Å². The molecule has 0 atom stereocenters. The summed E-state index contributed by atoms with van der Waals surface area (Å²) in [5.41, 5.74) is 10.5. The van der Waals surface area contributed by atoms with Crippen molar-refractivity contribution in [2.24, 2.45) is 0 Å². The van der Waals surface area contributed by atoms with Gasteiger partial charge in [-0.3, -0.25) is 4.79 Å². The first-order valence-corrected chi connectivity index (χ1v) is 7.32. The molecule has 0 saturated carbocycles. The summed E-state index contributed by atoms with van der Waals surface area (Å²) >= 11 is 0. The van der Waals surface area contributed by atoms with Crippen molar-refractivity contribution in [3.8, 4) is 5.75 Å². The van der Waals surface area contributed by atoms with Gasteiger partial charge in [-0.05, 0) is 67.8 Å². The number of amides is 1. The molecule has 116 valence electrons. The molecule has 0 aliphatic rings. The van der Waals surface area contributed by atoms with E-state index in [-0.39, 0.29) is 5.91 Å². The summed E-state index contributed by atoms with van der Waals surface area (Å²) < 4.78 is 5.62. The molecule has 2 aromatic carbocycles. The third-order valence-electron chi connectivity index (χ3n) is 3.60. The predicted octanol–water partition coefficient (Wildman–Crippen LogP) is 3.60. The fourth-order valence-electron chi connectivity index (χ4n) is 2.11. The molecule has 0 spiro atoms. The van der Waals surface area contributed by atoms with Crippen molar-refractivity contribution in [2.45, 2.75) is 27.2 Å². The van der Waals surface area contributed by atoms with E-state index in [4.69, 9.17) is 10.5 Å². The Bertz CT molecular complexity index is 681. The van der Waals surface area contributed by atoms with Gasteiger partial charge in [0.1, 0.15) is 5.75 Å². The molecule has 1 amide bonds. The van der Waals surface area contributed by atoms with Crippen molar-refractivity contribution in [2.75, 3.05) is 17.7 Å². The van der Waals surface area contributed by atoms with Gasteiger partial charge in [0.2, 0.25) is 5.91 Å². The molecule has 0 bridgehead atoms. The first-order valence-electron chi connectivity index (χ1n) is 7.32. The van der Waals surface area contributed by atoms with E-state index in [1.165, 1.54) is 11.1 Å². The zero-order chi connectivity index (χ0) is 16.1. The van der Waals surface area contributed by atoms with Gasteiger partial charge in [-0.1, -0.05) is 6.07 Å². The monoisotopic (exact) mass is 298 g/mol. The number of carbonyl (C=O) groups is 1. The highest BCUT2D eigenvalue weighted by atomic mass is 16.5. The van der Waals surface area contributed by atoms with Crippen LogP contribution in [0.5, 0.6) is 5.75 Å². The van der Waals surface area contributed by atoms with Crippen LogP contribution in [0.2, 0.25) is 0 Å². The average Bonchev–Trinajstić information content (AvgIpc) is 2.46. The zero-order valence-electron chi connectivity index (χ0n) is 13.3. The molecule has 0 aliphatic carbocycles. The number of carbonyl (C=O) groups excluding carboxylic acids is 1. The minimum Gasteiger partial charge on any atom is -0.493 e. The van der Waals surface area contributed by atoms with Crippen LogP contribution in [-0.2, 0) is 4.79 Å². The SMILES string of the molecule is Cc1ccc(OCCC(=O)Nc2ccc(N)cc2C)cc1C. The predicted molar refractivity (Wildman–Crippen MR) is 90.2 cm³/mol. The zero-order valence-corrected chi connectivity index (χ0v) is 13.3. The second kappa shape index (κ2) is 6.98. The normalized spacial score (nSPS) is 10.3. The molecule has 0 aliphatic heterocycles. The van der Waals surface area contributed by atoms with Gasteiger partial charge < -0.3 is 15.8 Å². The van der Waals surface area contributed by atoms with Gasteiger partial charge in [-0.2, -0.15) is 0 Å². The van der Waals surface area contributed by atoms with Crippen LogP contribution >= 0.6 is 0 Å². The van der Waals surface area contributed by atoms with Crippen LogP contribution < -0.4 is 15.8 Å². The summed E-state index contributed by atoms with van der Waals surface area (Å²) in [4.78, 5) is 11.9. The van der Waals surface area contributed by atoms with E-state index in [2.05, 4.69) is 12.2 Å². The lowest BCUT2D eigenvalue weighted by atomic mass is 10.1. The van der Waals surface area contributed by atoms with Crippen molar-refractivity contribution in [3.05, 3.63) is 53.1 Å². The number of nitrogens with two attached hydrogens (primary N) is 1. The summed E-state index contributed by atoms with van der Waals surface area (Å²) in [7, 11) is 0. The Morgan fingerprint density at radius 3 is 2.50 bits per heavy atom. The Morgan fingerprint density at radius 1 is 1.05 bits per heavy atom. The number of anilines is 2. The summed E-state index contributed by atoms with van der Waals surface area (Å²) in [6, 6.07) is 11.3. The Balaban J connectivity index is 1.83. The summed E-state index contributed by atoms with van der Waals surface area (Å²) in [5.74, 6) is 0.719. The average molecular weight is 298 g/mol. The molecular weight excluding hydrogens is 276 g/mol. The van der Waals surface area contributed by atoms with E-state index in [0.717, 1.165) is 17.0 Å². The molecule has 2 aromatic rings. The second-order valence-electron chi connectivity index (χ2n) is 5.47. The lowest BCUT2D eigenvalue weighted by Crippen LogP contribution is -2.16. The lowest BCUT2D eigenvalue weighted by Gasteiger charge is -2.10. The maximum absolute atomic E-state index is 11.9. The number of nitrogens with one attached hydrogen (secondary N) is 1. The first-order chi connectivity index (χ1) is 10.5. The highest BCUT2D eigenvalue weighted by molar-refractivity contribution is 5.91. The number of hydrogen-bond acceptors (Lipinski definition) is 3. The second-order valence-corrected chi connectivity index (χ2v) is 5.47. The highest BCUT2D eigenvalue weighted by Crippen LogP contribution is 2.18. The third kappa shape index (κ3) is 4.25. The van der Waals surface area contributed by atoms with Gasteiger partial charge in [0.05, 0.1) is 13.0 Å². The summed E-state index contributed by atoms with van der Waals surface area (Å²) in [6.07, 6.45) is 0.302. The largest absolute Gasteiger partial charge is 0.493 e. The fourth-order valence-corrected chi connectivity index (χ4v) is 2.11. The van der Waals surface area contributed by atoms with Gasteiger partial charge in [0, 0.05) is 11.4 Å². The van der Waals surface area contributed by atoms with E-state index < -0.39 is 0 Å². The van der Waals surface area contributed by atoms with E-state index in [1.54, 1.807) is 6.07 Å². The number of hydrogen-bond donors (Lipinski definition) is 2. The maximum atomic E-state index is 11.9. The van der Waals surface area contributed by atoms with Crippen molar-refractivity contribution < 1.29 is 9.53 Å². The molecule has 3 N–H and O–H groups in total. The summed E-state index contributed by atoms with van der Waals surface area (Å²) in [6.45, 7) is 6.36. The molecule has 22 heavy (non-hydrogen) atoms. The number of nitrogen functional groups attached to an aromatic ring is 1. The minimum absolute atomic E-state index is 0.0725. The number of benzene rings is 2. The van der Waals surface area contributed by atoms with E-state index in [0.29, 0.717) is 18.7 Å². The van der Waals surface area contributed by atoms with Gasteiger partial charge in [-0.25, -0.2) is 0 Å². The van der Waals surface area contributed by atoms with E-state index in [9.17, 15) is 4.79 Å². The number of rotatable bonds is 5. The molecule has 4 nitrogen and oxygen atoms in total. The molecule has 0 heterocycles. The van der Waals surface area contributed by atoms with E-state index >= 15 is 0 Å². The maximum Gasteiger partial charge on any atom is 0.227 e. The molecule has 0 aromatic heterocycles. The van der Waals surface area contributed by atoms with Crippen LogP contribution in [0.3, 0.4) is 0 Å². The lowest BCUT2D eigenvalue weighted by molar-refractivity contribution is -0.116. The van der Waals surface area contributed by atoms with E-state index in [1.807, 2.05) is 44.2 Å². The van der Waals surface area contributed by atoms with Crippen molar-refractivity contribution in [1.82, 2.24) is 0 Å². The van der Waals surface area contributed by atoms with Crippen LogP contribution in [0, 0.1) is 20.8 Å². The molecular formula is C18H22N2O2. The molecule has 0 fully saturated rings. The highest BCUT2D eigenvalue weighted by Gasteiger charge is 2.06.